The van der Waals surface area contributed by atoms with Gasteiger partial charge in [-0.1, -0.05) is 23.2 Å². The second-order valence-electron chi connectivity index (χ2n) is 3.72. The van der Waals surface area contributed by atoms with Gasteiger partial charge in [-0.25, -0.2) is 8.42 Å². The standard InChI is InChI=1S/C10H9Cl2NO6S/c11-5-1-6(12)3-7(2-5)20(18,19)13-8(10(16)17)4-9(14)15/h1-3,8,13H,4H2,(H,14,15)(H,16,17). The molecule has 0 radical (unpaired) electrons. The number of benzene rings is 1. The van der Waals surface area contributed by atoms with Gasteiger partial charge >= 0.3 is 11.9 Å². The number of hydrogen-bond acceptors (Lipinski definition) is 4. The van der Waals surface area contributed by atoms with Gasteiger partial charge in [-0.3, -0.25) is 9.59 Å². The monoisotopic (exact) mass is 341 g/mol. The maximum atomic E-state index is 11.9. The lowest BCUT2D eigenvalue weighted by Gasteiger charge is -2.13. The fraction of sp³-hybridized carbons (Fsp3) is 0.200. The zero-order valence-corrected chi connectivity index (χ0v) is 12.0. The third kappa shape index (κ3) is 4.64. The number of nitrogens with one attached hydrogen (secondary N) is 1. The van der Waals surface area contributed by atoms with E-state index in [0.717, 1.165) is 12.1 Å². The van der Waals surface area contributed by atoms with Crippen LogP contribution in [0.25, 0.3) is 0 Å². The number of carbonyl (C=O) groups is 2. The van der Waals surface area contributed by atoms with Gasteiger partial charge in [-0.2, -0.15) is 4.72 Å². The Labute approximate surface area is 124 Å². The molecule has 0 aliphatic carbocycles. The molecule has 0 saturated heterocycles. The Hall–Kier alpha value is -1.35. The van der Waals surface area contributed by atoms with Crippen molar-refractivity contribution in [3.8, 4) is 0 Å². The third-order valence-corrected chi connectivity index (χ3v) is 4.01. The second-order valence-corrected chi connectivity index (χ2v) is 6.30. The molecule has 1 aromatic rings. The molecule has 0 aliphatic rings. The number of sulfonamides is 1. The summed E-state index contributed by atoms with van der Waals surface area (Å²) in [7, 11) is -4.26. The molecule has 1 rings (SSSR count). The number of rotatable bonds is 6. The highest BCUT2D eigenvalue weighted by Crippen LogP contribution is 2.22. The molecule has 3 N–H and O–H groups in total. The second kappa shape index (κ2) is 6.40. The Balaban J connectivity index is 3.09. The first-order valence-corrected chi connectivity index (χ1v) is 7.29. The highest BCUT2D eigenvalue weighted by Gasteiger charge is 2.27. The summed E-state index contributed by atoms with van der Waals surface area (Å²) in [5.41, 5.74) is 0. The molecule has 0 spiro atoms. The molecule has 0 fully saturated rings. The Kier molecular flexibility index (Phi) is 5.35. The van der Waals surface area contributed by atoms with Crippen LogP contribution in [0.3, 0.4) is 0 Å². The van der Waals surface area contributed by atoms with Crippen LogP contribution in [-0.2, 0) is 19.6 Å². The van der Waals surface area contributed by atoms with Crippen molar-refractivity contribution in [3.05, 3.63) is 28.2 Å². The first-order chi connectivity index (χ1) is 9.11. The summed E-state index contributed by atoms with van der Waals surface area (Å²) in [6.07, 6.45) is -0.900. The van der Waals surface area contributed by atoms with Crippen LogP contribution < -0.4 is 4.72 Å². The summed E-state index contributed by atoms with van der Waals surface area (Å²) in [6, 6.07) is 1.63. The third-order valence-electron chi connectivity index (χ3n) is 2.12. The minimum absolute atomic E-state index is 0.0444. The maximum absolute atomic E-state index is 11.9. The molecule has 0 aromatic heterocycles. The van der Waals surface area contributed by atoms with Crippen molar-refractivity contribution in [2.24, 2.45) is 0 Å². The van der Waals surface area contributed by atoms with Crippen LogP contribution >= 0.6 is 23.2 Å². The van der Waals surface area contributed by atoms with Gasteiger partial charge in [-0.15, -0.1) is 0 Å². The first-order valence-electron chi connectivity index (χ1n) is 5.05. The molecule has 0 heterocycles. The highest BCUT2D eigenvalue weighted by molar-refractivity contribution is 7.89. The normalized spacial score (nSPS) is 12.9. The topological polar surface area (TPSA) is 121 Å². The molecule has 110 valence electrons. The van der Waals surface area contributed by atoms with Gasteiger partial charge in [0, 0.05) is 10.0 Å². The number of aliphatic carboxylic acids is 2. The average molecular weight is 342 g/mol. The van der Waals surface area contributed by atoms with E-state index < -0.39 is 34.4 Å². The lowest BCUT2D eigenvalue weighted by Crippen LogP contribution is -2.42. The highest BCUT2D eigenvalue weighted by atomic mass is 35.5. The van der Waals surface area contributed by atoms with Crippen molar-refractivity contribution in [2.45, 2.75) is 17.4 Å². The zero-order chi connectivity index (χ0) is 15.5. The van der Waals surface area contributed by atoms with Crippen molar-refractivity contribution < 1.29 is 28.2 Å². The molecular formula is C10H9Cl2NO6S. The summed E-state index contributed by atoms with van der Waals surface area (Å²) >= 11 is 11.3. The Morgan fingerprint density at radius 2 is 1.65 bits per heavy atom. The van der Waals surface area contributed by atoms with E-state index in [0.29, 0.717) is 0 Å². The number of hydrogen-bond donors (Lipinski definition) is 3. The molecule has 0 aliphatic heterocycles. The molecule has 20 heavy (non-hydrogen) atoms. The van der Waals surface area contributed by atoms with Gasteiger partial charge < -0.3 is 10.2 Å². The molecule has 1 atom stereocenters. The molecule has 7 nitrogen and oxygen atoms in total. The molecule has 0 bridgehead atoms. The minimum Gasteiger partial charge on any atom is -0.481 e. The van der Waals surface area contributed by atoms with Crippen LogP contribution in [0.5, 0.6) is 0 Å². The van der Waals surface area contributed by atoms with Crippen molar-refractivity contribution in [1.82, 2.24) is 4.72 Å². The Morgan fingerprint density at radius 3 is 2.05 bits per heavy atom. The fourth-order valence-electron chi connectivity index (χ4n) is 1.29. The van der Waals surface area contributed by atoms with Crippen molar-refractivity contribution in [2.75, 3.05) is 0 Å². The van der Waals surface area contributed by atoms with Gasteiger partial charge in [0.05, 0.1) is 11.3 Å². The predicted molar refractivity (Wildman–Crippen MR) is 70.5 cm³/mol. The minimum atomic E-state index is -4.26. The van der Waals surface area contributed by atoms with Gasteiger partial charge in [-0.05, 0) is 18.2 Å². The van der Waals surface area contributed by atoms with Crippen LogP contribution in [0.15, 0.2) is 23.1 Å². The van der Waals surface area contributed by atoms with E-state index >= 15 is 0 Å². The predicted octanol–water partition coefficient (Wildman–Crippen LogP) is 1.20. The number of carboxylic acid groups (broad SMARTS) is 2. The van der Waals surface area contributed by atoms with Crippen LogP contribution in [0.4, 0.5) is 0 Å². The van der Waals surface area contributed by atoms with Crippen molar-refractivity contribution >= 4 is 45.2 Å². The zero-order valence-electron chi connectivity index (χ0n) is 9.71. The summed E-state index contributed by atoms with van der Waals surface area (Å²) in [5, 5.41) is 17.4. The fourth-order valence-corrected chi connectivity index (χ4v) is 3.21. The van der Waals surface area contributed by atoms with E-state index in [1.54, 1.807) is 4.72 Å². The molecular weight excluding hydrogens is 333 g/mol. The lowest BCUT2D eigenvalue weighted by atomic mass is 10.2. The smallest absolute Gasteiger partial charge is 0.322 e. The van der Waals surface area contributed by atoms with E-state index in [1.165, 1.54) is 6.07 Å². The van der Waals surface area contributed by atoms with E-state index in [-0.39, 0.29) is 14.9 Å². The van der Waals surface area contributed by atoms with Gasteiger partial charge in [0.1, 0.15) is 6.04 Å². The number of carboxylic acids is 2. The Bertz CT molecular complexity index is 625. The van der Waals surface area contributed by atoms with E-state index in [1.807, 2.05) is 0 Å². The van der Waals surface area contributed by atoms with E-state index in [4.69, 9.17) is 33.4 Å². The SMILES string of the molecule is O=C(O)CC(NS(=O)(=O)c1cc(Cl)cc(Cl)c1)C(=O)O. The van der Waals surface area contributed by atoms with Gasteiger partial charge in [0.25, 0.3) is 0 Å². The average Bonchev–Trinajstić information content (AvgIpc) is 2.25. The summed E-state index contributed by atoms with van der Waals surface area (Å²) < 4.78 is 25.7. The largest absolute Gasteiger partial charge is 0.481 e. The molecule has 1 unspecified atom stereocenters. The summed E-state index contributed by atoms with van der Waals surface area (Å²) in [6.45, 7) is 0. The lowest BCUT2D eigenvalue weighted by molar-refractivity contribution is -0.145. The van der Waals surface area contributed by atoms with E-state index in [2.05, 4.69) is 0 Å². The summed E-state index contributed by atoms with van der Waals surface area (Å²) in [4.78, 5) is 21.0. The molecule has 0 amide bonds. The number of halogens is 2. The van der Waals surface area contributed by atoms with Crippen LogP contribution in [0, 0.1) is 0 Å². The first kappa shape index (κ1) is 16.7. The van der Waals surface area contributed by atoms with Crippen molar-refractivity contribution in [1.29, 1.82) is 0 Å². The van der Waals surface area contributed by atoms with Gasteiger partial charge in [0.2, 0.25) is 10.0 Å². The van der Waals surface area contributed by atoms with Crippen LogP contribution in [-0.4, -0.2) is 36.6 Å². The van der Waals surface area contributed by atoms with Crippen molar-refractivity contribution in [3.63, 3.8) is 0 Å². The molecule has 0 saturated carbocycles. The van der Waals surface area contributed by atoms with E-state index in [9.17, 15) is 18.0 Å². The maximum Gasteiger partial charge on any atom is 0.322 e. The quantitative estimate of drug-likeness (QED) is 0.714. The Morgan fingerprint density at radius 1 is 1.15 bits per heavy atom. The molecule has 10 heteroatoms. The van der Waals surface area contributed by atoms with Crippen LogP contribution in [0.1, 0.15) is 6.42 Å². The summed E-state index contributed by atoms with van der Waals surface area (Å²) in [5.74, 6) is -3.06. The molecule has 1 aromatic carbocycles. The van der Waals surface area contributed by atoms with Crippen LogP contribution in [0.2, 0.25) is 10.0 Å². The van der Waals surface area contributed by atoms with Gasteiger partial charge in [0.15, 0.2) is 0 Å².